The Morgan fingerprint density at radius 2 is 1.65 bits per heavy atom. The second kappa shape index (κ2) is 4.80. The summed E-state index contributed by atoms with van der Waals surface area (Å²) < 4.78 is 44.5. The maximum atomic E-state index is 13.6. The molecule has 0 amide bonds. The maximum Gasteiger partial charge on any atom is 0.258 e. The molecule has 0 aliphatic rings. The van der Waals surface area contributed by atoms with Crippen molar-refractivity contribution < 1.29 is 17.7 Å². The van der Waals surface area contributed by atoms with E-state index in [4.69, 9.17) is 4.52 Å². The van der Waals surface area contributed by atoms with Crippen molar-refractivity contribution in [1.82, 2.24) is 10.1 Å². The fourth-order valence-electron chi connectivity index (χ4n) is 1.72. The summed E-state index contributed by atoms with van der Waals surface area (Å²) in [5.41, 5.74) is 0.393. The lowest BCUT2D eigenvalue weighted by molar-refractivity contribution is 0.431. The Morgan fingerprint density at radius 3 is 2.40 bits per heavy atom. The van der Waals surface area contributed by atoms with Gasteiger partial charge < -0.3 is 4.52 Å². The first-order chi connectivity index (χ1) is 9.65. The van der Waals surface area contributed by atoms with Crippen LogP contribution in [0.4, 0.5) is 13.2 Å². The van der Waals surface area contributed by atoms with Crippen LogP contribution in [-0.4, -0.2) is 10.1 Å². The highest BCUT2D eigenvalue weighted by molar-refractivity contribution is 5.60. The largest absolute Gasteiger partial charge is 0.334 e. The zero-order valence-electron chi connectivity index (χ0n) is 9.98. The van der Waals surface area contributed by atoms with Crippen LogP contribution in [0.1, 0.15) is 0 Å². The van der Waals surface area contributed by atoms with Crippen molar-refractivity contribution in [3.8, 4) is 22.8 Å². The predicted octanol–water partition coefficient (Wildman–Crippen LogP) is 3.82. The van der Waals surface area contributed by atoms with Gasteiger partial charge in [-0.2, -0.15) is 4.98 Å². The summed E-state index contributed by atoms with van der Waals surface area (Å²) in [6.07, 6.45) is 0. The standard InChI is InChI=1S/C14H7F3N2O/c15-10-4-2-1-3-9(10)13-18-14(20-19-13)8-5-6-11(16)12(17)7-8/h1-7H. The molecule has 3 aromatic rings. The van der Waals surface area contributed by atoms with Gasteiger partial charge in [0.2, 0.25) is 5.82 Å². The predicted molar refractivity (Wildman–Crippen MR) is 65.0 cm³/mol. The molecule has 3 rings (SSSR count). The first kappa shape index (κ1) is 12.4. The van der Waals surface area contributed by atoms with Gasteiger partial charge in [0.05, 0.1) is 5.56 Å². The molecule has 0 aliphatic carbocycles. The van der Waals surface area contributed by atoms with Gasteiger partial charge in [-0.3, -0.25) is 0 Å². The Morgan fingerprint density at radius 1 is 0.850 bits per heavy atom. The molecule has 0 N–H and O–H groups in total. The van der Waals surface area contributed by atoms with E-state index in [1.165, 1.54) is 24.3 Å². The average Bonchev–Trinajstić information content (AvgIpc) is 2.92. The zero-order chi connectivity index (χ0) is 14.1. The van der Waals surface area contributed by atoms with Crippen LogP contribution in [0.25, 0.3) is 22.8 Å². The SMILES string of the molecule is Fc1ccc(-c2nc(-c3ccccc3F)no2)cc1F. The van der Waals surface area contributed by atoms with E-state index in [2.05, 4.69) is 10.1 Å². The van der Waals surface area contributed by atoms with E-state index >= 15 is 0 Å². The summed E-state index contributed by atoms with van der Waals surface area (Å²) in [5, 5.41) is 3.63. The van der Waals surface area contributed by atoms with Gasteiger partial charge >= 0.3 is 0 Å². The lowest BCUT2D eigenvalue weighted by atomic mass is 10.2. The topological polar surface area (TPSA) is 38.9 Å². The number of hydrogen-bond acceptors (Lipinski definition) is 3. The molecule has 0 aliphatic heterocycles. The van der Waals surface area contributed by atoms with Crippen molar-refractivity contribution in [1.29, 1.82) is 0 Å². The maximum absolute atomic E-state index is 13.6. The number of hydrogen-bond donors (Lipinski definition) is 0. The van der Waals surface area contributed by atoms with E-state index < -0.39 is 17.5 Å². The molecule has 0 bridgehead atoms. The van der Waals surface area contributed by atoms with Crippen LogP contribution in [0, 0.1) is 17.5 Å². The van der Waals surface area contributed by atoms with E-state index in [1.54, 1.807) is 6.07 Å². The Labute approximate surface area is 111 Å². The lowest BCUT2D eigenvalue weighted by Gasteiger charge is -1.96. The molecule has 0 spiro atoms. The summed E-state index contributed by atoms with van der Waals surface area (Å²) in [7, 11) is 0. The highest BCUT2D eigenvalue weighted by Crippen LogP contribution is 2.24. The Kier molecular flexibility index (Phi) is 2.98. The molecule has 3 nitrogen and oxygen atoms in total. The Balaban J connectivity index is 2.02. The van der Waals surface area contributed by atoms with E-state index in [0.717, 1.165) is 12.1 Å². The molecule has 1 aromatic heterocycles. The molecule has 0 fully saturated rings. The molecule has 6 heteroatoms. The van der Waals surface area contributed by atoms with Gasteiger partial charge in [-0.1, -0.05) is 17.3 Å². The molecular weight excluding hydrogens is 269 g/mol. The van der Waals surface area contributed by atoms with E-state index in [-0.39, 0.29) is 22.8 Å². The van der Waals surface area contributed by atoms with Gasteiger partial charge in [-0.05, 0) is 30.3 Å². The van der Waals surface area contributed by atoms with Gasteiger partial charge in [0.25, 0.3) is 5.89 Å². The van der Waals surface area contributed by atoms with Crippen molar-refractivity contribution in [2.75, 3.05) is 0 Å². The summed E-state index contributed by atoms with van der Waals surface area (Å²) in [4.78, 5) is 3.98. The minimum atomic E-state index is -1.02. The van der Waals surface area contributed by atoms with Crippen molar-refractivity contribution >= 4 is 0 Å². The van der Waals surface area contributed by atoms with Gasteiger partial charge in [-0.15, -0.1) is 0 Å². The summed E-state index contributed by atoms with van der Waals surface area (Å²) in [5.74, 6) is -2.45. The molecule has 2 aromatic carbocycles. The first-order valence-electron chi connectivity index (χ1n) is 5.69. The molecule has 1 heterocycles. The highest BCUT2D eigenvalue weighted by Gasteiger charge is 2.14. The summed E-state index contributed by atoms with van der Waals surface area (Å²) >= 11 is 0. The third-order valence-electron chi connectivity index (χ3n) is 2.71. The Bertz CT molecular complexity index is 771. The number of benzene rings is 2. The normalized spacial score (nSPS) is 10.8. The fourth-order valence-corrected chi connectivity index (χ4v) is 1.72. The van der Waals surface area contributed by atoms with Crippen molar-refractivity contribution in [2.45, 2.75) is 0 Å². The van der Waals surface area contributed by atoms with Crippen LogP contribution < -0.4 is 0 Å². The molecule has 20 heavy (non-hydrogen) atoms. The van der Waals surface area contributed by atoms with Crippen molar-refractivity contribution in [3.05, 3.63) is 59.9 Å². The van der Waals surface area contributed by atoms with Crippen LogP contribution in [0.3, 0.4) is 0 Å². The van der Waals surface area contributed by atoms with Gasteiger partial charge in [-0.25, -0.2) is 13.2 Å². The molecule has 0 unspecified atom stereocenters. The first-order valence-corrected chi connectivity index (χ1v) is 5.69. The fraction of sp³-hybridized carbons (Fsp3) is 0. The van der Waals surface area contributed by atoms with Crippen molar-refractivity contribution in [3.63, 3.8) is 0 Å². The quantitative estimate of drug-likeness (QED) is 0.714. The van der Waals surface area contributed by atoms with Crippen LogP contribution >= 0.6 is 0 Å². The number of nitrogens with zero attached hydrogens (tertiary/aromatic N) is 2. The molecule has 0 atom stereocenters. The van der Waals surface area contributed by atoms with Gasteiger partial charge in [0, 0.05) is 5.56 Å². The monoisotopic (exact) mass is 276 g/mol. The third kappa shape index (κ3) is 2.16. The molecule has 0 radical (unpaired) electrons. The van der Waals surface area contributed by atoms with E-state index in [0.29, 0.717) is 0 Å². The minimum Gasteiger partial charge on any atom is -0.334 e. The molecule has 0 saturated carbocycles. The average molecular weight is 276 g/mol. The third-order valence-corrected chi connectivity index (χ3v) is 2.71. The number of halogens is 3. The zero-order valence-corrected chi connectivity index (χ0v) is 9.98. The van der Waals surface area contributed by atoms with Gasteiger partial charge in [0.15, 0.2) is 11.6 Å². The molecule has 100 valence electrons. The summed E-state index contributed by atoms with van der Waals surface area (Å²) in [6, 6.07) is 9.13. The minimum absolute atomic E-state index is 0.0119. The number of aromatic nitrogens is 2. The highest BCUT2D eigenvalue weighted by atomic mass is 19.2. The molecule has 0 saturated heterocycles. The van der Waals surface area contributed by atoms with Crippen LogP contribution in [0.15, 0.2) is 47.0 Å². The van der Waals surface area contributed by atoms with Crippen LogP contribution in [0.5, 0.6) is 0 Å². The lowest BCUT2D eigenvalue weighted by Crippen LogP contribution is -1.87. The number of rotatable bonds is 2. The van der Waals surface area contributed by atoms with Crippen LogP contribution in [-0.2, 0) is 0 Å². The second-order valence-corrected chi connectivity index (χ2v) is 4.03. The Hall–Kier alpha value is -2.63. The van der Waals surface area contributed by atoms with Gasteiger partial charge in [0.1, 0.15) is 5.82 Å². The van der Waals surface area contributed by atoms with E-state index in [1.807, 2.05) is 0 Å². The van der Waals surface area contributed by atoms with Crippen molar-refractivity contribution in [2.24, 2.45) is 0 Å². The second-order valence-electron chi connectivity index (χ2n) is 4.03. The molecular formula is C14H7F3N2O. The van der Waals surface area contributed by atoms with E-state index in [9.17, 15) is 13.2 Å². The van der Waals surface area contributed by atoms with Crippen LogP contribution in [0.2, 0.25) is 0 Å². The summed E-state index contributed by atoms with van der Waals surface area (Å²) in [6.45, 7) is 0. The smallest absolute Gasteiger partial charge is 0.258 e.